The van der Waals surface area contributed by atoms with E-state index in [0.717, 1.165) is 30.7 Å². The Labute approximate surface area is 69.0 Å². The number of hydrogen-bond acceptors (Lipinski definition) is 2. The van der Waals surface area contributed by atoms with Crippen molar-refractivity contribution in [3.05, 3.63) is 0 Å². The third-order valence-corrected chi connectivity index (χ3v) is 2.24. The Morgan fingerprint density at radius 1 is 1.44 bits per heavy atom. The van der Waals surface area contributed by atoms with Crippen molar-refractivity contribution in [1.29, 1.82) is 0 Å². The van der Waals surface area contributed by atoms with Crippen LogP contribution in [-0.2, 0) is 9.47 Å². The second kappa shape index (κ2) is 4.46. The van der Waals surface area contributed by atoms with Crippen LogP contribution in [0.15, 0.2) is 0 Å². The van der Waals surface area contributed by atoms with Crippen molar-refractivity contribution in [2.75, 3.05) is 24.2 Å². The van der Waals surface area contributed by atoms with Crippen LogP contribution in [0.25, 0.3) is 0 Å². The van der Waals surface area contributed by atoms with Gasteiger partial charge in [0.1, 0.15) is 0 Å². The van der Waals surface area contributed by atoms with Gasteiger partial charge in [0.2, 0.25) is 0 Å². The van der Waals surface area contributed by atoms with E-state index in [1.807, 2.05) is 0 Å². The Kier molecular flexibility index (Phi) is 3.85. The van der Waals surface area contributed by atoms with Crippen LogP contribution < -0.4 is 0 Å². The summed E-state index contributed by atoms with van der Waals surface area (Å²) >= 11 is 2.32. The number of rotatable bonds is 1. The molecule has 0 radical (unpaired) electrons. The first kappa shape index (κ1) is 7.75. The number of ether oxygens (including phenoxy) is 2. The lowest BCUT2D eigenvalue weighted by atomic mass is 10.4. The zero-order valence-electron chi connectivity index (χ0n) is 5.31. The fourth-order valence-electron chi connectivity index (χ4n) is 0.763. The van der Waals surface area contributed by atoms with Gasteiger partial charge in [0.15, 0.2) is 0 Å². The van der Waals surface area contributed by atoms with Crippen LogP contribution in [0.5, 0.6) is 0 Å². The molecule has 2 nitrogen and oxygen atoms in total. The number of hydrogen-bond donors (Lipinski definition) is 0. The van der Waals surface area contributed by atoms with E-state index >= 15 is 0 Å². The average molecular weight is 242 g/mol. The first-order valence-electron chi connectivity index (χ1n) is 3.19. The highest BCUT2D eigenvalue weighted by Gasteiger charge is 2.09. The maximum absolute atomic E-state index is 5.42. The Balaban J connectivity index is 2.18. The standard InChI is InChI=1S/C6H11IO2/c7-4-6-5-8-2-1-3-9-6/h6H,1-5H2. The summed E-state index contributed by atoms with van der Waals surface area (Å²) in [4.78, 5) is 0. The van der Waals surface area contributed by atoms with E-state index in [9.17, 15) is 0 Å². The topological polar surface area (TPSA) is 18.5 Å². The van der Waals surface area contributed by atoms with E-state index in [2.05, 4.69) is 22.6 Å². The van der Waals surface area contributed by atoms with Crippen LogP contribution >= 0.6 is 22.6 Å². The summed E-state index contributed by atoms with van der Waals surface area (Å²) in [5, 5.41) is 0. The van der Waals surface area contributed by atoms with E-state index in [1.165, 1.54) is 0 Å². The van der Waals surface area contributed by atoms with Gasteiger partial charge in [-0.15, -0.1) is 0 Å². The summed E-state index contributed by atoms with van der Waals surface area (Å²) in [6.07, 6.45) is 1.39. The Bertz CT molecular complexity index is 69.5. The van der Waals surface area contributed by atoms with Crippen LogP contribution in [0.4, 0.5) is 0 Å². The van der Waals surface area contributed by atoms with Crippen molar-refractivity contribution in [1.82, 2.24) is 0 Å². The highest BCUT2D eigenvalue weighted by Crippen LogP contribution is 2.03. The molecule has 0 bridgehead atoms. The number of alkyl halides is 1. The maximum atomic E-state index is 5.42. The molecule has 1 unspecified atom stereocenters. The SMILES string of the molecule is ICC1COCCCO1. The number of halogens is 1. The lowest BCUT2D eigenvalue weighted by Crippen LogP contribution is -2.18. The van der Waals surface area contributed by atoms with Gasteiger partial charge in [-0.05, 0) is 6.42 Å². The molecule has 1 aliphatic heterocycles. The van der Waals surface area contributed by atoms with E-state index < -0.39 is 0 Å². The molecule has 1 saturated heterocycles. The summed E-state index contributed by atoms with van der Waals surface area (Å²) in [5.41, 5.74) is 0. The van der Waals surface area contributed by atoms with Crippen molar-refractivity contribution in [3.8, 4) is 0 Å². The minimum atomic E-state index is 0.341. The highest BCUT2D eigenvalue weighted by molar-refractivity contribution is 14.1. The van der Waals surface area contributed by atoms with Crippen LogP contribution in [0.2, 0.25) is 0 Å². The van der Waals surface area contributed by atoms with E-state index in [4.69, 9.17) is 9.47 Å². The van der Waals surface area contributed by atoms with Gasteiger partial charge in [-0.2, -0.15) is 0 Å². The molecule has 9 heavy (non-hydrogen) atoms. The van der Waals surface area contributed by atoms with Crippen molar-refractivity contribution in [3.63, 3.8) is 0 Å². The summed E-state index contributed by atoms with van der Waals surface area (Å²) in [7, 11) is 0. The minimum Gasteiger partial charge on any atom is -0.379 e. The molecule has 1 rings (SSSR count). The maximum Gasteiger partial charge on any atom is 0.0897 e. The van der Waals surface area contributed by atoms with Crippen molar-refractivity contribution in [2.24, 2.45) is 0 Å². The largest absolute Gasteiger partial charge is 0.379 e. The third-order valence-electron chi connectivity index (χ3n) is 1.26. The molecule has 0 aliphatic carbocycles. The van der Waals surface area contributed by atoms with Crippen molar-refractivity contribution in [2.45, 2.75) is 12.5 Å². The Hall–Kier alpha value is 0.650. The molecule has 1 atom stereocenters. The molecule has 54 valence electrons. The summed E-state index contributed by atoms with van der Waals surface area (Å²) in [6.45, 7) is 2.52. The van der Waals surface area contributed by atoms with Crippen LogP contribution in [-0.4, -0.2) is 30.4 Å². The van der Waals surface area contributed by atoms with Crippen LogP contribution in [0.3, 0.4) is 0 Å². The normalized spacial score (nSPS) is 29.7. The van der Waals surface area contributed by atoms with Crippen LogP contribution in [0.1, 0.15) is 6.42 Å². The average Bonchev–Trinajstić information content (AvgIpc) is 2.13. The summed E-state index contributed by atoms with van der Waals surface area (Å²) in [5.74, 6) is 0. The van der Waals surface area contributed by atoms with Gasteiger partial charge < -0.3 is 9.47 Å². The lowest BCUT2D eigenvalue weighted by Gasteiger charge is -2.09. The molecule has 1 aliphatic rings. The monoisotopic (exact) mass is 242 g/mol. The smallest absolute Gasteiger partial charge is 0.0897 e. The predicted octanol–water partition coefficient (Wildman–Crippen LogP) is 1.23. The van der Waals surface area contributed by atoms with Gasteiger partial charge >= 0.3 is 0 Å². The van der Waals surface area contributed by atoms with E-state index in [1.54, 1.807) is 0 Å². The third kappa shape index (κ3) is 2.82. The fraction of sp³-hybridized carbons (Fsp3) is 1.00. The molecule has 3 heteroatoms. The van der Waals surface area contributed by atoms with Gasteiger partial charge in [0.25, 0.3) is 0 Å². The van der Waals surface area contributed by atoms with Crippen molar-refractivity contribution < 1.29 is 9.47 Å². The highest BCUT2D eigenvalue weighted by atomic mass is 127. The molecular weight excluding hydrogens is 231 g/mol. The van der Waals surface area contributed by atoms with Gasteiger partial charge in [-0.3, -0.25) is 0 Å². The molecule has 0 aromatic carbocycles. The zero-order valence-corrected chi connectivity index (χ0v) is 7.46. The molecule has 0 saturated carbocycles. The molecule has 1 heterocycles. The molecule has 1 fully saturated rings. The quantitative estimate of drug-likeness (QED) is 0.508. The van der Waals surface area contributed by atoms with Gasteiger partial charge in [0.05, 0.1) is 12.7 Å². The fourth-order valence-corrected chi connectivity index (χ4v) is 1.27. The van der Waals surface area contributed by atoms with E-state index in [0.29, 0.717) is 6.10 Å². The van der Waals surface area contributed by atoms with Crippen LogP contribution in [0, 0.1) is 0 Å². The summed E-state index contributed by atoms with van der Waals surface area (Å²) < 4.78 is 11.7. The van der Waals surface area contributed by atoms with Gasteiger partial charge in [-0.25, -0.2) is 0 Å². The van der Waals surface area contributed by atoms with Gasteiger partial charge in [0, 0.05) is 17.6 Å². The van der Waals surface area contributed by atoms with Gasteiger partial charge in [-0.1, -0.05) is 22.6 Å². The molecule has 0 spiro atoms. The van der Waals surface area contributed by atoms with Crippen molar-refractivity contribution >= 4 is 22.6 Å². The van der Waals surface area contributed by atoms with E-state index in [-0.39, 0.29) is 0 Å². The zero-order chi connectivity index (χ0) is 6.53. The Morgan fingerprint density at radius 3 is 3.11 bits per heavy atom. The summed E-state index contributed by atoms with van der Waals surface area (Å²) in [6, 6.07) is 0. The molecule has 0 aromatic heterocycles. The first-order valence-corrected chi connectivity index (χ1v) is 4.71. The predicted molar refractivity (Wildman–Crippen MR) is 44.1 cm³/mol. The lowest BCUT2D eigenvalue weighted by molar-refractivity contribution is 0.0432. The molecule has 0 amide bonds. The first-order chi connectivity index (χ1) is 4.43. The molecule has 0 aromatic rings. The second-order valence-corrected chi connectivity index (χ2v) is 2.96. The Morgan fingerprint density at radius 2 is 2.33 bits per heavy atom. The molecule has 0 N–H and O–H groups in total. The second-order valence-electron chi connectivity index (χ2n) is 2.08. The minimum absolute atomic E-state index is 0.341. The molecular formula is C6H11IO2.